The summed E-state index contributed by atoms with van der Waals surface area (Å²) in [5.41, 5.74) is 3.83. The number of primary amides is 1. The molecule has 5 heteroatoms. The molecular weight excluding hydrogens is 148 g/mol. The van der Waals surface area contributed by atoms with Gasteiger partial charge in [-0.05, 0) is 0 Å². The Morgan fingerprint density at radius 2 is 2.09 bits per heavy atom. The lowest BCUT2D eigenvalue weighted by Crippen LogP contribution is -2.38. The van der Waals surface area contributed by atoms with E-state index in [0.717, 1.165) is 0 Å². The molecule has 0 aromatic heterocycles. The molecule has 62 valence electrons. The zero-order valence-corrected chi connectivity index (χ0v) is 6.22. The molecule has 11 heavy (non-hydrogen) atoms. The molecule has 0 bridgehead atoms. The van der Waals surface area contributed by atoms with Crippen molar-refractivity contribution in [3.05, 3.63) is 0 Å². The molecular formula is C6H10N2O3. The third-order valence-electron chi connectivity index (χ3n) is 1.64. The van der Waals surface area contributed by atoms with Gasteiger partial charge in [0.05, 0.1) is 0 Å². The minimum atomic E-state index is -0.944. The molecule has 0 aromatic carbocycles. The third-order valence-corrected chi connectivity index (χ3v) is 1.64. The molecule has 1 rings (SSSR count). The number of nitrogens with one attached hydrogen (secondary N) is 1. The minimum absolute atomic E-state index is 0.281. The van der Waals surface area contributed by atoms with Crippen LogP contribution in [0.4, 0.5) is 4.79 Å². The van der Waals surface area contributed by atoms with Crippen LogP contribution in [0.3, 0.4) is 0 Å². The van der Waals surface area contributed by atoms with Gasteiger partial charge in [-0.15, -0.1) is 0 Å². The van der Waals surface area contributed by atoms with Crippen molar-refractivity contribution in [3.63, 3.8) is 0 Å². The van der Waals surface area contributed by atoms with Crippen molar-refractivity contribution in [1.29, 1.82) is 0 Å². The summed E-state index contributed by atoms with van der Waals surface area (Å²) in [7, 11) is 1.49. The second kappa shape index (κ2) is 2.41. The van der Waals surface area contributed by atoms with Crippen LogP contribution < -0.4 is 11.1 Å². The molecule has 0 heterocycles. The fourth-order valence-electron chi connectivity index (χ4n) is 0.909. The van der Waals surface area contributed by atoms with E-state index in [-0.39, 0.29) is 5.91 Å². The van der Waals surface area contributed by atoms with Crippen LogP contribution in [0.15, 0.2) is 0 Å². The number of rotatable bonds is 2. The van der Waals surface area contributed by atoms with Gasteiger partial charge in [0.25, 0.3) is 5.91 Å². The summed E-state index contributed by atoms with van der Waals surface area (Å²) in [5, 5.41) is 2.40. The Bertz CT molecular complexity index is 198. The van der Waals surface area contributed by atoms with Gasteiger partial charge in [0, 0.05) is 19.9 Å². The summed E-state index contributed by atoms with van der Waals surface area (Å²) >= 11 is 0. The predicted octanol–water partition coefficient (Wildman–Crippen LogP) is -0.640. The maximum atomic E-state index is 11.0. The van der Waals surface area contributed by atoms with Crippen LogP contribution in [-0.4, -0.2) is 24.6 Å². The van der Waals surface area contributed by atoms with Crippen molar-refractivity contribution >= 4 is 12.0 Å². The second-order valence-corrected chi connectivity index (χ2v) is 2.49. The molecule has 0 saturated heterocycles. The van der Waals surface area contributed by atoms with Crippen LogP contribution in [0.2, 0.25) is 0 Å². The van der Waals surface area contributed by atoms with Crippen LogP contribution in [0.5, 0.6) is 0 Å². The van der Waals surface area contributed by atoms with Gasteiger partial charge in [0.1, 0.15) is 0 Å². The first kappa shape index (κ1) is 7.84. The van der Waals surface area contributed by atoms with Gasteiger partial charge in [0.2, 0.25) is 0 Å². The molecule has 1 aliphatic carbocycles. The van der Waals surface area contributed by atoms with E-state index in [9.17, 15) is 9.59 Å². The number of hydrogen-bond acceptors (Lipinski definition) is 3. The Kier molecular flexibility index (Phi) is 1.72. The van der Waals surface area contributed by atoms with E-state index in [0.29, 0.717) is 12.8 Å². The molecule has 0 aliphatic heterocycles. The van der Waals surface area contributed by atoms with Crippen LogP contribution in [0, 0.1) is 0 Å². The highest BCUT2D eigenvalue weighted by atomic mass is 16.6. The topological polar surface area (TPSA) is 81.4 Å². The summed E-state index contributed by atoms with van der Waals surface area (Å²) in [5.74, 6) is -0.281. The van der Waals surface area contributed by atoms with Crippen LogP contribution in [0.1, 0.15) is 12.8 Å². The maximum absolute atomic E-state index is 11.0. The number of likely N-dealkylation sites (N-methyl/N-ethyl adjacent to an activating group) is 1. The lowest BCUT2D eigenvalue weighted by molar-refractivity contribution is -0.130. The van der Waals surface area contributed by atoms with Crippen LogP contribution >= 0.6 is 0 Å². The smallest absolute Gasteiger partial charge is 0.405 e. The first-order chi connectivity index (χ1) is 5.10. The summed E-state index contributed by atoms with van der Waals surface area (Å²) in [4.78, 5) is 21.3. The number of amides is 2. The molecule has 0 aromatic rings. The van der Waals surface area contributed by atoms with Gasteiger partial charge in [0.15, 0.2) is 5.60 Å². The van der Waals surface area contributed by atoms with Crippen molar-refractivity contribution in [2.24, 2.45) is 5.73 Å². The lowest BCUT2D eigenvalue weighted by atomic mass is 10.3. The monoisotopic (exact) mass is 158 g/mol. The fourth-order valence-corrected chi connectivity index (χ4v) is 0.909. The average Bonchev–Trinajstić information content (AvgIpc) is 2.67. The largest absolute Gasteiger partial charge is 0.433 e. The van der Waals surface area contributed by atoms with Crippen molar-refractivity contribution in [2.45, 2.75) is 18.4 Å². The first-order valence-electron chi connectivity index (χ1n) is 3.31. The number of carbonyl (C=O) groups excluding carboxylic acids is 2. The summed E-state index contributed by atoms with van der Waals surface area (Å²) in [6, 6.07) is 0. The number of nitrogens with two attached hydrogens (primary N) is 1. The highest BCUT2D eigenvalue weighted by Gasteiger charge is 2.53. The van der Waals surface area contributed by atoms with Crippen molar-refractivity contribution in [3.8, 4) is 0 Å². The zero-order valence-electron chi connectivity index (χ0n) is 6.22. The summed E-state index contributed by atoms with van der Waals surface area (Å²) < 4.78 is 4.63. The first-order valence-corrected chi connectivity index (χ1v) is 3.31. The van der Waals surface area contributed by atoms with E-state index in [1.54, 1.807) is 0 Å². The van der Waals surface area contributed by atoms with E-state index >= 15 is 0 Å². The Morgan fingerprint density at radius 3 is 2.36 bits per heavy atom. The van der Waals surface area contributed by atoms with Crippen LogP contribution in [0.25, 0.3) is 0 Å². The summed E-state index contributed by atoms with van der Waals surface area (Å²) in [6.45, 7) is 0. The third kappa shape index (κ3) is 1.42. The second-order valence-electron chi connectivity index (χ2n) is 2.49. The minimum Gasteiger partial charge on any atom is -0.433 e. The Hall–Kier alpha value is -1.26. The predicted molar refractivity (Wildman–Crippen MR) is 36.7 cm³/mol. The Morgan fingerprint density at radius 1 is 1.55 bits per heavy atom. The molecule has 1 saturated carbocycles. The SMILES string of the molecule is CNC(=O)C1(OC(N)=O)CC1. The number of carbonyl (C=O) groups is 2. The molecule has 1 aliphatic rings. The van der Waals surface area contributed by atoms with Gasteiger partial charge in [-0.2, -0.15) is 0 Å². The molecule has 0 radical (unpaired) electrons. The molecule has 0 atom stereocenters. The van der Waals surface area contributed by atoms with E-state index in [1.165, 1.54) is 7.05 Å². The Balaban J connectivity index is 2.53. The zero-order chi connectivity index (χ0) is 8.48. The average molecular weight is 158 g/mol. The summed E-state index contributed by atoms with van der Waals surface area (Å²) in [6.07, 6.45) is 0.233. The quantitative estimate of drug-likeness (QED) is 0.560. The van der Waals surface area contributed by atoms with Gasteiger partial charge < -0.3 is 15.8 Å². The molecule has 0 unspecified atom stereocenters. The normalized spacial score (nSPS) is 18.6. The van der Waals surface area contributed by atoms with E-state index < -0.39 is 11.7 Å². The van der Waals surface area contributed by atoms with Crippen LogP contribution in [-0.2, 0) is 9.53 Å². The van der Waals surface area contributed by atoms with E-state index in [1.807, 2.05) is 0 Å². The molecule has 3 N–H and O–H groups in total. The van der Waals surface area contributed by atoms with Crippen molar-refractivity contribution < 1.29 is 14.3 Å². The van der Waals surface area contributed by atoms with Gasteiger partial charge in [-0.25, -0.2) is 4.79 Å². The standard InChI is InChI=1S/C6H10N2O3/c1-8-4(9)6(2-3-6)11-5(7)10/h2-3H2,1H3,(H2,7,10)(H,8,9). The van der Waals surface area contributed by atoms with E-state index in [4.69, 9.17) is 5.73 Å². The van der Waals surface area contributed by atoms with Crippen molar-refractivity contribution in [2.75, 3.05) is 7.05 Å². The van der Waals surface area contributed by atoms with E-state index in [2.05, 4.69) is 10.1 Å². The fraction of sp³-hybridized carbons (Fsp3) is 0.667. The Labute approximate surface area is 63.9 Å². The van der Waals surface area contributed by atoms with Gasteiger partial charge in [-0.3, -0.25) is 4.79 Å². The number of hydrogen-bond donors (Lipinski definition) is 2. The lowest BCUT2D eigenvalue weighted by Gasteiger charge is -2.11. The highest BCUT2D eigenvalue weighted by Crippen LogP contribution is 2.39. The molecule has 0 spiro atoms. The van der Waals surface area contributed by atoms with Crippen molar-refractivity contribution in [1.82, 2.24) is 5.32 Å². The number of ether oxygens (including phenoxy) is 1. The molecule has 2 amide bonds. The highest BCUT2D eigenvalue weighted by molar-refractivity contribution is 5.90. The molecule has 1 fully saturated rings. The van der Waals surface area contributed by atoms with Gasteiger partial charge in [-0.1, -0.05) is 0 Å². The van der Waals surface area contributed by atoms with Gasteiger partial charge >= 0.3 is 6.09 Å². The maximum Gasteiger partial charge on any atom is 0.405 e. The molecule has 5 nitrogen and oxygen atoms in total.